The highest BCUT2D eigenvalue weighted by molar-refractivity contribution is 5.79. The lowest BCUT2D eigenvalue weighted by atomic mass is 10.1. The van der Waals surface area contributed by atoms with E-state index in [1.165, 1.54) is 6.07 Å². The van der Waals surface area contributed by atoms with Gasteiger partial charge in [0.2, 0.25) is 17.7 Å². The van der Waals surface area contributed by atoms with E-state index in [9.17, 15) is 9.18 Å². The Labute approximate surface area is 196 Å². The Bertz CT molecular complexity index is 1370. The van der Waals surface area contributed by atoms with E-state index in [0.717, 1.165) is 22.4 Å². The topological polar surface area (TPSA) is 77.1 Å². The van der Waals surface area contributed by atoms with Crippen molar-refractivity contribution in [3.8, 4) is 22.5 Å². The molecular formula is C26H24FN5O2. The molecule has 0 radical (unpaired) electrons. The molecule has 2 aromatic heterocycles. The zero-order valence-electron chi connectivity index (χ0n) is 19.0. The molecule has 1 aliphatic rings. The normalized spacial score (nSPS) is 13.7. The quantitative estimate of drug-likeness (QED) is 0.435. The zero-order valence-corrected chi connectivity index (χ0v) is 19.0. The lowest BCUT2D eigenvalue weighted by molar-refractivity contribution is -0.131. The highest BCUT2D eigenvalue weighted by atomic mass is 19.1. The van der Waals surface area contributed by atoms with Crippen LogP contribution < -0.4 is 0 Å². The fourth-order valence-electron chi connectivity index (χ4n) is 4.07. The van der Waals surface area contributed by atoms with Crippen LogP contribution in [0.2, 0.25) is 0 Å². The maximum absolute atomic E-state index is 13.8. The van der Waals surface area contributed by atoms with Crippen molar-refractivity contribution >= 4 is 11.5 Å². The van der Waals surface area contributed by atoms with Gasteiger partial charge in [-0.1, -0.05) is 36.4 Å². The van der Waals surface area contributed by atoms with Gasteiger partial charge in [-0.25, -0.2) is 4.39 Å². The second-order valence-corrected chi connectivity index (χ2v) is 8.35. The number of aromatic nitrogens is 4. The number of nitrogens with zero attached hydrogens (tertiary/aromatic N) is 5. The molecule has 0 bridgehead atoms. The summed E-state index contributed by atoms with van der Waals surface area (Å²) in [5.41, 5.74) is 4.81. The molecule has 34 heavy (non-hydrogen) atoms. The SMILES string of the molecule is Cc1nnc(C2=CCN(C(=O)Cn3nc(-c4ccc(F)c(C)c4)cc3-c3ccccc3)CC2)o1. The number of carbonyl (C=O) groups is 1. The van der Waals surface area contributed by atoms with Gasteiger partial charge in [-0.3, -0.25) is 9.48 Å². The van der Waals surface area contributed by atoms with Crippen LogP contribution in [0.3, 0.4) is 0 Å². The molecule has 0 unspecified atom stereocenters. The summed E-state index contributed by atoms with van der Waals surface area (Å²) in [7, 11) is 0. The Hall–Kier alpha value is -4.07. The first kappa shape index (κ1) is 21.8. The summed E-state index contributed by atoms with van der Waals surface area (Å²) in [4.78, 5) is 15.0. The predicted molar refractivity (Wildman–Crippen MR) is 126 cm³/mol. The molecule has 0 N–H and O–H groups in total. The van der Waals surface area contributed by atoms with Gasteiger partial charge in [-0.2, -0.15) is 5.10 Å². The largest absolute Gasteiger partial charge is 0.421 e. The van der Waals surface area contributed by atoms with Crippen LogP contribution in [-0.2, 0) is 11.3 Å². The molecule has 0 spiro atoms. The second kappa shape index (κ2) is 9.05. The van der Waals surface area contributed by atoms with E-state index in [1.807, 2.05) is 42.5 Å². The third-order valence-corrected chi connectivity index (χ3v) is 5.95. The number of halogens is 1. The molecule has 0 atom stereocenters. The monoisotopic (exact) mass is 457 g/mol. The number of benzene rings is 2. The van der Waals surface area contributed by atoms with Crippen LogP contribution in [0.5, 0.6) is 0 Å². The van der Waals surface area contributed by atoms with E-state index in [1.54, 1.807) is 35.6 Å². The molecule has 7 nitrogen and oxygen atoms in total. The minimum Gasteiger partial charge on any atom is -0.421 e. The van der Waals surface area contributed by atoms with E-state index in [0.29, 0.717) is 42.5 Å². The number of aryl methyl sites for hydroxylation is 2. The minimum absolute atomic E-state index is 0.0286. The van der Waals surface area contributed by atoms with E-state index in [2.05, 4.69) is 10.2 Å². The summed E-state index contributed by atoms with van der Waals surface area (Å²) in [6, 6.07) is 16.7. The summed E-state index contributed by atoms with van der Waals surface area (Å²) < 4.78 is 21.0. The summed E-state index contributed by atoms with van der Waals surface area (Å²) >= 11 is 0. The molecule has 4 aromatic rings. The van der Waals surface area contributed by atoms with Gasteiger partial charge in [-0.15, -0.1) is 10.2 Å². The van der Waals surface area contributed by atoms with Gasteiger partial charge in [-0.05, 0) is 48.7 Å². The lowest BCUT2D eigenvalue weighted by Crippen LogP contribution is -2.37. The van der Waals surface area contributed by atoms with Gasteiger partial charge in [0, 0.05) is 31.1 Å². The van der Waals surface area contributed by atoms with Crippen LogP contribution in [0.15, 0.2) is 65.1 Å². The first-order chi connectivity index (χ1) is 16.5. The van der Waals surface area contributed by atoms with E-state index >= 15 is 0 Å². The van der Waals surface area contributed by atoms with Crippen molar-refractivity contribution in [2.45, 2.75) is 26.8 Å². The Morgan fingerprint density at radius 2 is 1.88 bits per heavy atom. The van der Waals surface area contributed by atoms with Crippen molar-refractivity contribution in [3.05, 3.63) is 83.8 Å². The van der Waals surface area contributed by atoms with Crippen molar-refractivity contribution in [1.29, 1.82) is 0 Å². The fraction of sp³-hybridized carbons (Fsp3) is 0.231. The van der Waals surface area contributed by atoms with Crippen LogP contribution in [0, 0.1) is 19.7 Å². The standard InChI is InChI=1S/C26H24FN5O2/c1-17-14-21(8-9-22(17)27)23-15-24(19-6-4-3-5-7-19)32(30-23)16-25(33)31-12-10-20(11-13-31)26-29-28-18(2)34-26/h3-10,14-15H,11-13,16H2,1-2H3. The van der Waals surface area contributed by atoms with E-state index in [4.69, 9.17) is 9.52 Å². The van der Waals surface area contributed by atoms with Gasteiger partial charge in [0.15, 0.2) is 0 Å². The molecule has 3 heterocycles. The average Bonchev–Trinajstić information content (AvgIpc) is 3.48. The van der Waals surface area contributed by atoms with Crippen LogP contribution in [0.1, 0.15) is 23.8 Å². The van der Waals surface area contributed by atoms with Crippen molar-refractivity contribution in [3.63, 3.8) is 0 Å². The molecule has 2 aromatic carbocycles. The van der Waals surface area contributed by atoms with Crippen LogP contribution >= 0.6 is 0 Å². The predicted octanol–water partition coefficient (Wildman–Crippen LogP) is 4.67. The van der Waals surface area contributed by atoms with Crippen molar-refractivity contribution in [2.24, 2.45) is 0 Å². The Morgan fingerprint density at radius 1 is 1.06 bits per heavy atom. The van der Waals surface area contributed by atoms with E-state index < -0.39 is 0 Å². The molecule has 0 saturated heterocycles. The van der Waals surface area contributed by atoms with Gasteiger partial charge in [0.25, 0.3) is 0 Å². The first-order valence-corrected chi connectivity index (χ1v) is 11.1. The van der Waals surface area contributed by atoms with Crippen molar-refractivity contribution in [1.82, 2.24) is 24.9 Å². The molecular weight excluding hydrogens is 433 g/mol. The Kier molecular flexibility index (Phi) is 5.79. The summed E-state index contributed by atoms with van der Waals surface area (Å²) in [5, 5.41) is 12.7. The van der Waals surface area contributed by atoms with Gasteiger partial charge in [0.05, 0.1) is 11.4 Å². The Balaban J connectivity index is 1.40. The molecule has 5 rings (SSSR count). The van der Waals surface area contributed by atoms with Gasteiger partial charge in [0.1, 0.15) is 12.4 Å². The maximum atomic E-state index is 13.8. The summed E-state index contributed by atoms with van der Waals surface area (Å²) in [6.45, 7) is 4.63. The third-order valence-electron chi connectivity index (χ3n) is 5.95. The van der Waals surface area contributed by atoms with Gasteiger partial charge >= 0.3 is 0 Å². The average molecular weight is 458 g/mol. The van der Waals surface area contributed by atoms with Gasteiger partial charge < -0.3 is 9.32 Å². The molecule has 8 heteroatoms. The Morgan fingerprint density at radius 3 is 2.56 bits per heavy atom. The fourth-order valence-corrected chi connectivity index (χ4v) is 4.07. The molecule has 0 saturated carbocycles. The van der Waals surface area contributed by atoms with Crippen LogP contribution in [0.25, 0.3) is 28.1 Å². The number of amides is 1. The van der Waals surface area contributed by atoms with Crippen molar-refractivity contribution in [2.75, 3.05) is 13.1 Å². The van der Waals surface area contributed by atoms with Crippen LogP contribution in [0.4, 0.5) is 4.39 Å². The summed E-state index contributed by atoms with van der Waals surface area (Å²) in [5.74, 6) is 0.755. The molecule has 1 aliphatic heterocycles. The zero-order chi connectivity index (χ0) is 23.7. The highest BCUT2D eigenvalue weighted by Crippen LogP contribution is 2.28. The second-order valence-electron chi connectivity index (χ2n) is 8.35. The molecule has 0 aliphatic carbocycles. The smallest absolute Gasteiger partial charge is 0.244 e. The maximum Gasteiger partial charge on any atom is 0.244 e. The number of hydrogen-bond acceptors (Lipinski definition) is 5. The first-order valence-electron chi connectivity index (χ1n) is 11.1. The molecule has 1 amide bonds. The molecule has 0 fully saturated rings. The van der Waals surface area contributed by atoms with E-state index in [-0.39, 0.29) is 18.3 Å². The minimum atomic E-state index is -0.255. The summed E-state index contributed by atoms with van der Waals surface area (Å²) in [6.07, 6.45) is 2.61. The third kappa shape index (κ3) is 4.39. The highest BCUT2D eigenvalue weighted by Gasteiger charge is 2.22. The lowest BCUT2D eigenvalue weighted by Gasteiger charge is -2.25. The number of carbonyl (C=O) groups excluding carboxylic acids is 1. The molecule has 172 valence electrons. The number of rotatable bonds is 5. The number of hydrogen-bond donors (Lipinski definition) is 0. The van der Waals surface area contributed by atoms with Crippen LogP contribution in [-0.4, -0.2) is 43.9 Å². The van der Waals surface area contributed by atoms with Crippen molar-refractivity contribution < 1.29 is 13.6 Å².